The number of ether oxygens (including phenoxy) is 2. The molecule has 3 aliphatic heterocycles. The van der Waals surface area contributed by atoms with Crippen molar-refractivity contribution >= 4 is 47.4 Å². The summed E-state index contributed by atoms with van der Waals surface area (Å²) in [6.07, 6.45) is 3.28. The monoisotopic (exact) mass is 802 g/mol. The minimum Gasteiger partial charge on any atom is -0.467 e. The second-order valence-corrected chi connectivity index (χ2v) is 15.0. The van der Waals surface area contributed by atoms with Crippen LogP contribution in [0.5, 0.6) is 0 Å². The fourth-order valence-electron chi connectivity index (χ4n) is 7.02. The second-order valence-electron chi connectivity index (χ2n) is 15.0. The summed E-state index contributed by atoms with van der Waals surface area (Å²) in [6, 6.07) is 1.73. The molecule has 58 heavy (non-hydrogen) atoms. The summed E-state index contributed by atoms with van der Waals surface area (Å²) in [6.45, 7) is 11.0. The summed E-state index contributed by atoms with van der Waals surface area (Å²) in [5.41, 5.74) is 2.28. The Hall–Kier alpha value is -6.20. The Balaban J connectivity index is 1.35. The first-order valence-electron chi connectivity index (χ1n) is 19.2. The number of rotatable bonds is 15. The number of nitrogens with one attached hydrogen (secondary N) is 3. The van der Waals surface area contributed by atoms with Gasteiger partial charge in [-0.1, -0.05) is 58.0 Å². The van der Waals surface area contributed by atoms with Crippen molar-refractivity contribution in [2.45, 2.75) is 96.2 Å². The van der Waals surface area contributed by atoms with E-state index in [2.05, 4.69) is 37.2 Å². The van der Waals surface area contributed by atoms with Gasteiger partial charge in [0, 0.05) is 31.9 Å². The lowest BCUT2D eigenvalue weighted by Gasteiger charge is -2.31. The zero-order valence-electron chi connectivity index (χ0n) is 33.3. The molecule has 2 aromatic rings. The number of aromatic nitrogens is 2. The molecule has 2 saturated heterocycles. The largest absolute Gasteiger partial charge is 0.467 e. The number of methoxy groups -OCH3 is 1. The van der Waals surface area contributed by atoms with Crippen LogP contribution in [0.15, 0.2) is 55.0 Å². The summed E-state index contributed by atoms with van der Waals surface area (Å²) < 4.78 is 10.6. The molecule has 18 heteroatoms. The van der Waals surface area contributed by atoms with Crippen LogP contribution in [0, 0.1) is 5.92 Å². The fraction of sp³-hybridized carbons (Fsp3) is 0.500. The highest BCUT2D eigenvalue weighted by molar-refractivity contribution is 6.39. The van der Waals surface area contributed by atoms with Gasteiger partial charge in [0.15, 0.2) is 0 Å². The summed E-state index contributed by atoms with van der Waals surface area (Å²) in [4.78, 5) is 119. The molecule has 0 bridgehead atoms. The molecule has 6 amide bonds. The van der Waals surface area contributed by atoms with E-state index in [9.17, 15) is 38.4 Å². The number of carbonyl (C=O) groups excluding carboxylic acids is 8. The van der Waals surface area contributed by atoms with Crippen molar-refractivity contribution in [3.05, 3.63) is 71.8 Å². The van der Waals surface area contributed by atoms with E-state index in [4.69, 9.17) is 4.74 Å². The molecule has 0 spiro atoms. The van der Waals surface area contributed by atoms with Crippen LogP contribution < -0.4 is 16.0 Å². The number of carbonyl (C=O) groups is 8. The molecule has 3 N–H and O–H groups in total. The smallest absolute Gasteiger partial charge is 0.410 e. The molecular formula is C40H50N8O10. The van der Waals surface area contributed by atoms with Crippen LogP contribution in [-0.4, -0.2) is 135 Å². The number of hydrogen-bond donors (Lipinski definition) is 3. The van der Waals surface area contributed by atoms with Crippen LogP contribution in [0.4, 0.5) is 4.79 Å². The summed E-state index contributed by atoms with van der Waals surface area (Å²) in [5.74, 6) is -5.94. The molecule has 3 aliphatic rings. The topological polar surface area (TPSA) is 226 Å². The van der Waals surface area contributed by atoms with Gasteiger partial charge in [-0.3, -0.25) is 33.8 Å². The van der Waals surface area contributed by atoms with Gasteiger partial charge in [-0.2, -0.15) is 0 Å². The molecule has 0 saturated carbocycles. The molecule has 1 aromatic heterocycles. The van der Waals surface area contributed by atoms with Gasteiger partial charge in [-0.15, -0.1) is 0 Å². The Morgan fingerprint density at radius 1 is 0.948 bits per heavy atom. The van der Waals surface area contributed by atoms with Crippen LogP contribution >= 0.6 is 0 Å². The quantitative estimate of drug-likeness (QED) is 0.0979. The molecule has 0 radical (unpaired) electrons. The third-order valence-corrected chi connectivity index (χ3v) is 10.3. The predicted molar refractivity (Wildman–Crippen MR) is 205 cm³/mol. The minimum absolute atomic E-state index is 0.000302. The maximum atomic E-state index is 14.5. The number of hydrogen-bond acceptors (Lipinski definition) is 12. The molecule has 4 heterocycles. The van der Waals surface area contributed by atoms with Crippen LogP contribution in [0.2, 0.25) is 0 Å². The Bertz CT molecular complexity index is 1940. The van der Waals surface area contributed by atoms with Gasteiger partial charge in [-0.25, -0.2) is 14.6 Å². The first kappa shape index (κ1) is 42.9. The van der Waals surface area contributed by atoms with Crippen molar-refractivity contribution < 1.29 is 47.8 Å². The number of likely N-dealkylation sites (tertiary alicyclic amines) is 1. The number of amides is 6. The molecule has 1 aromatic carbocycles. The van der Waals surface area contributed by atoms with Gasteiger partial charge in [-0.05, 0) is 42.4 Å². The van der Waals surface area contributed by atoms with Crippen molar-refractivity contribution in [3.8, 4) is 0 Å². The maximum absolute atomic E-state index is 14.5. The highest BCUT2D eigenvalue weighted by Crippen LogP contribution is 2.27. The van der Waals surface area contributed by atoms with E-state index in [1.807, 2.05) is 24.3 Å². The SMILES string of the molecule is C=C(C)[C@H](NC(=O)[C@@H](NC(=O)c1cnccn1)C(C)C)C(=O)N1C[C@H](OC(=O)N2CCc3ccccc3C2)C[C@H]1C(=O)N[C@@H](CCC)C(=O)C(=O)N1CC1C(=O)OC. The normalized spacial score (nSPS) is 19.8. The molecular weight excluding hydrogens is 752 g/mol. The van der Waals surface area contributed by atoms with Gasteiger partial charge in [0.05, 0.1) is 32.4 Å². The van der Waals surface area contributed by atoms with Gasteiger partial charge >= 0.3 is 12.1 Å². The van der Waals surface area contributed by atoms with E-state index >= 15 is 0 Å². The maximum Gasteiger partial charge on any atom is 0.410 e. The number of esters is 1. The first-order chi connectivity index (χ1) is 27.6. The number of nitrogens with zero attached hydrogens (tertiary/aromatic N) is 5. The molecule has 1 unspecified atom stereocenters. The van der Waals surface area contributed by atoms with Crippen LogP contribution in [0.1, 0.15) is 68.6 Å². The highest BCUT2D eigenvalue weighted by Gasteiger charge is 2.49. The van der Waals surface area contributed by atoms with Crippen LogP contribution in [-0.2, 0) is 51.2 Å². The van der Waals surface area contributed by atoms with Crippen molar-refractivity contribution in [1.82, 2.24) is 40.6 Å². The zero-order chi connectivity index (χ0) is 42.3. The van der Waals surface area contributed by atoms with Crippen molar-refractivity contribution in [3.63, 3.8) is 0 Å². The lowest BCUT2D eigenvalue weighted by molar-refractivity contribution is -0.147. The summed E-state index contributed by atoms with van der Waals surface area (Å²) in [7, 11) is 1.17. The van der Waals surface area contributed by atoms with E-state index in [1.165, 1.54) is 37.5 Å². The average Bonchev–Trinajstić information content (AvgIpc) is 3.91. The van der Waals surface area contributed by atoms with Gasteiger partial charge in [0.2, 0.25) is 23.5 Å². The lowest BCUT2D eigenvalue weighted by atomic mass is 10.0. The summed E-state index contributed by atoms with van der Waals surface area (Å²) in [5, 5.41) is 7.93. The van der Waals surface area contributed by atoms with Crippen molar-refractivity contribution in [2.75, 3.05) is 26.7 Å². The molecule has 6 atom stereocenters. The lowest BCUT2D eigenvalue weighted by Crippen LogP contribution is -2.58. The Kier molecular flexibility index (Phi) is 13.9. The van der Waals surface area contributed by atoms with Crippen molar-refractivity contribution in [1.29, 1.82) is 0 Å². The van der Waals surface area contributed by atoms with E-state index in [0.29, 0.717) is 25.9 Å². The Morgan fingerprint density at radius 3 is 2.31 bits per heavy atom. The van der Waals surface area contributed by atoms with Crippen molar-refractivity contribution in [2.24, 2.45) is 5.92 Å². The van der Waals surface area contributed by atoms with Gasteiger partial charge < -0.3 is 40.1 Å². The number of benzene rings is 1. The molecule has 18 nitrogen and oxygen atoms in total. The van der Waals surface area contributed by atoms with E-state index in [0.717, 1.165) is 20.9 Å². The van der Waals surface area contributed by atoms with E-state index < -0.39 is 89.6 Å². The minimum atomic E-state index is -1.39. The predicted octanol–water partition coefficient (Wildman–Crippen LogP) is 0.694. The number of ketones is 1. The van der Waals surface area contributed by atoms with Gasteiger partial charge in [0.25, 0.3) is 11.8 Å². The number of Topliss-reactive ketones (excluding diaryl/α,β-unsaturated/α-hetero) is 1. The Labute approximate surface area is 336 Å². The van der Waals surface area contributed by atoms with Gasteiger partial charge in [0.1, 0.15) is 36.0 Å². The number of fused-ring (bicyclic) bond motifs is 1. The first-order valence-corrected chi connectivity index (χ1v) is 19.2. The Morgan fingerprint density at radius 2 is 1.67 bits per heavy atom. The van der Waals surface area contributed by atoms with E-state index in [-0.39, 0.29) is 37.2 Å². The fourth-order valence-corrected chi connectivity index (χ4v) is 7.02. The molecule has 310 valence electrons. The summed E-state index contributed by atoms with van der Waals surface area (Å²) >= 11 is 0. The third kappa shape index (κ3) is 10.0. The molecule has 5 rings (SSSR count). The molecule has 2 fully saturated rings. The highest BCUT2D eigenvalue weighted by atomic mass is 16.6. The third-order valence-electron chi connectivity index (χ3n) is 10.3. The molecule has 0 aliphatic carbocycles. The van der Waals surface area contributed by atoms with Crippen LogP contribution in [0.25, 0.3) is 0 Å². The van der Waals surface area contributed by atoms with E-state index in [1.54, 1.807) is 20.8 Å². The van der Waals surface area contributed by atoms with Crippen LogP contribution in [0.3, 0.4) is 0 Å². The average molecular weight is 803 g/mol. The standard InChI is InChI=1S/C40H50N8O10/c1-7-10-27(33(49)38(54)48-21-30(48)39(55)57-6)43-35(51)29-17-26(58-40(56)46-16-13-24-11-8-9-12-25(24)19-46)20-47(29)37(53)32(23(4)5)45-36(52)31(22(2)3)44-34(50)28-18-41-14-15-42-28/h8-9,11-12,14-15,18,22,26-27,29-32H,4,7,10,13,16-17,19-21H2,1-3,5-6H3,(H,43,51)(H,44,50)(H,45,52)/t26-,27+,29+,30?,31+,32+,48?/m1/s1. The zero-order valence-corrected chi connectivity index (χ0v) is 33.3. The second kappa shape index (κ2) is 18.8.